The van der Waals surface area contributed by atoms with Crippen LogP contribution >= 0.6 is 27.5 Å². The summed E-state index contributed by atoms with van der Waals surface area (Å²) in [5.74, 6) is 0.901. The third kappa shape index (κ3) is 2.69. The second kappa shape index (κ2) is 5.25. The van der Waals surface area contributed by atoms with E-state index in [2.05, 4.69) is 30.2 Å². The van der Waals surface area contributed by atoms with Gasteiger partial charge in [-0.1, -0.05) is 15.9 Å². The molecule has 1 aliphatic carbocycles. The number of aromatic nitrogens is 2. The Hall–Kier alpha value is -0.160. The van der Waals surface area contributed by atoms with E-state index in [-0.39, 0.29) is 0 Å². The standard InChI is InChI=1S/C10H16BrN3S/c1-8-12-10(15-13-8)14(7-3-6-11)9-4-2-5-9/h9H,2-7H2,1H3. The summed E-state index contributed by atoms with van der Waals surface area (Å²) >= 11 is 5.02. The lowest BCUT2D eigenvalue weighted by molar-refractivity contribution is 0.386. The lowest BCUT2D eigenvalue weighted by atomic mass is 9.92. The number of alkyl halides is 1. The Morgan fingerprint density at radius 2 is 2.33 bits per heavy atom. The van der Waals surface area contributed by atoms with Gasteiger partial charge in [0, 0.05) is 29.4 Å². The largest absolute Gasteiger partial charge is 0.344 e. The molecule has 0 aliphatic heterocycles. The maximum atomic E-state index is 4.48. The van der Waals surface area contributed by atoms with Gasteiger partial charge in [-0.2, -0.15) is 4.37 Å². The third-order valence-corrected chi connectivity index (χ3v) is 4.22. The number of rotatable bonds is 5. The zero-order valence-electron chi connectivity index (χ0n) is 8.95. The molecule has 0 bridgehead atoms. The highest BCUT2D eigenvalue weighted by molar-refractivity contribution is 9.09. The van der Waals surface area contributed by atoms with E-state index in [0.717, 1.165) is 28.9 Å². The highest BCUT2D eigenvalue weighted by Gasteiger charge is 2.26. The van der Waals surface area contributed by atoms with Crippen molar-refractivity contribution in [2.75, 3.05) is 16.8 Å². The first-order valence-corrected chi connectivity index (χ1v) is 7.33. The smallest absolute Gasteiger partial charge is 0.205 e. The fraction of sp³-hybridized carbons (Fsp3) is 0.800. The first-order valence-electron chi connectivity index (χ1n) is 5.44. The van der Waals surface area contributed by atoms with Crippen LogP contribution in [0.25, 0.3) is 0 Å². The summed E-state index contributed by atoms with van der Waals surface area (Å²) < 4.78 is 4.26. The van der Waals surface area contributed by atoms with Crippen molar-refractivity contribution in [2.24, 2.45) is 0 Å². The van der Waals surface area contributed by atoms with Gasteiger partial charge in [-0.3, -0.25) is 0 Å². The Morgan fingerprint density at radius 1 is 1.53 bits per heavy atom. The third-order valence-electron chi connectivity index (χ3n) is 2.81. The topological polar surface area (TPSA) is 29.0 Å². The van der Waals surface area contributed by atoms with E-state index >= 15 is 0 Å². The lowest BCUT2D eigenvalue weighted by Gasteiger charge is -2.37. The number of nitrogens with zero attached hydrogens (tertiary/aromatic N) is 3. The molecule has 1 aromatic heterocycles. The zero-order valence-corrected chi connectivity index (χ0v) is 11.4. The first-order chi connectivity index (χ1) is 7.31. The van der Waals surface area contributed by atoms with Crippen molar-refractivity contribution >= 4 is 32.6 Å². The summed E-state index contributed by atoms with van der Waals surface area (Å²) in [5, 5.41) is 2.17. The summed E-state index contributed by atoms with van der Waals surface area (Å²) in [5.41, 5.74) is 0. The number of hydrogen-bond donors (Lipinski definition) is 0. The number of aryl methyl sites for hydroxylation is 1. The molecular weight excluding hydrogens is 274 g/mol. The van der Waals surface area contributed by atoms with Crippen molar-refractivity contribution in [1.29, 1.82) is 0 Å². The van der Waals surface area contributed by atoms with Crippen molar-refractivity contribution < 1.29 is 0 Å². The van der Waals surface area contributed by atoms with E-state index < -0.39 is 0 Å². The van der Waals surface area contributed by atoms with Crippen LogP contribution in [0.1, 0.15) is 31.5 Å². The van der Waals surface area contributed by atoms with E-state index in [1.165, 1.54) is 37.2 Å². The maximum absolute atomic E-state index is 4.48. The summed E-state index contributed by atoms with van der Waals surface area (Å²) in [4.78, 5) is 6.92. The van der Waals surface area contributed by atoms with Gasteiger partial charge in [0.15, 0.2) is 0 Å². The van der Waals surface area contributed by atoms with Gasteiger partial charge in [-0.15, -0.1) is 0 Å². The molecule has 5 heteroatoms. The lowest BCUT2D eigenvalue weighted by Crippen LogP contribution is -2.41. The van der Waals surface area contributed by atoms with Crippen LogP contribution in [-0.4, -0.2) is 27.3 Å². The molecule has 3 nitrogen and oxygen atoms in total. The van der Waals surface area contributed by atoms with Crippen molar-refractivity contribution in [3.63, 3.8) is 0 Å². The Labute approximate surface area is 103 Å². The second-order valence-corrected chi connectivity index (χ2v) is 5.47. The fourth-order valence-corrected chi connectivity index (χ4v) is 2.79. The normalized spacial score (nSPS) is 16.4. The van der Waals surface area contributed by atoms with Gasteiger partial charge in [-0.05, 0) is 32.6 Å². The Bertz CT molecular complexity index is 311. The predicted molar refractivity (Wildman–Crippen MR) is 68.0 cm³/mol. The Morgan fingerprint density at radius 3 is 2.80 bits per heavy atom. The highest BCUT2D eigenvalue weighted by atomic mass is 79.9. The average molecular weight is 290 g/mol. The number of anilines is 1. The highest BCUT2D eigenvalue weighted by Crippen LogP contribution is 2.30. The number of hydrogen-bond acceptors (Lipinski definition) is 4. The molecule has 0 N–H and O–H groups in total. The van der Waals surface area contributed by atoms with E-state index in [9.17, 15) is 0 Å². The maximum Gasteiger partial charge on any atom is 0.205 e. The molecular formula is C10H16BrN3S. The molecule has 1 heterocycles. The molecule has 15 heavy (non-hydrogen) atoms. The molecule has 0 unspecified atom stereocenters. The van der Waals surface area contributed by atoms with E-state index in [1.54, 1.807) is 0 Å². The summed E-state index contributed by atoms with van der Waals surface area (Å²) in [6.45, 7) is 3.06. The van der Waals surface area contributed by atoms with Crippen LogP contribution < -0.4 is 4.90 Å². The monoisotopic (exact) mass is 289 g/mol. The SMILES string of the molecule is Cc1nsc(N(CCCBr)C2CCC2)n1. The molecule has 1 aliphatic rings. The van der Waals surface area contributed by atoms with Crippen LogP contribution in [0.3, 0.4) is 0 Å². The molecule has 0 saturated heterocycles. The second-order valence-electron chi connectivity index (χ2n) is 3.94. The molecule has 0 amide bonds. The Balaban J connectivity index is 2.03. The quantitative estimate of drug-likeness (QED) is 0.781. The minimum absolute atomic E-state index is 0.719. The van der Waals surface area contributed by atoms with Crippen LogP contribution in [0.2, 0.25) is 0 Å². The molecule has 1 saturated carbocycles. The predicted octanol–water partition coefficient (Wildman–Crippen LogP) is 2.99. The fourth-order valence-electron chi connectivity index (χ4n) is 1.77. The first kappa shape index (κ1) is 11.3. The molecule has 0 atom stereocenters. The van der Waals surface area contributed by atoms with Gasteiger partial charge in [0.25, 0.3) is 0 Å². The van der Waals surface area contributed by atoms with E-state index in [1.807, 2.05) is 6.92 Å². The molecule has 0 aromatic carbocycles. The summed E-state index contributed by atoms with van der Waals surface area (Å²) in [6.07, 6.45) is 5.18. The van der Waals surface area contributed by atoms with Crippen LogP contribution in [0, 0.1) is 6.92 Å². The van der Waals surface area contributed by atoms with Gasteiger partial charge in [0.05, 0.1) is 0 Å². The van der Waals surface area contributed by atoms with Crippen LogP contribution in [-0.2, 0) is 0 Å². The van der Waals surface area contributed by atoms with Crippen LogP contribution in [0.5, 0.6) is 0 Å². The molecule has 84 valence electrons. The van der Waals surface area contributed by atoms with E-state index in [0.29, 0.717) is 0 Å². The van der Waals surface area contributed by atoms with Crippen LogP contribution in [0.4, 0.5) is 5.13 Å². The van der Waals surface area contributed by atoms with Crippen molar-refractivity contribution in [1.82, 2.24) is 9.36 Å². The molecule has 0 spiro atoms. The molecule has 2 rings (SSSR count). The van der Waals surface area contributed by atoms with Gasteiger partial charge in [0.2, 0.25) is 5.13 Å². The molecule has 0 radical (unpaired) electrons. The van der Waals surface area contributed by atoms with Crippen LogP contribution in [0.15, 0.2) is 0 Å². The molecule has 1 fully saturated rings. The zero-order chi connectivity index (χ0) is 10.7. The van der Waals surface area contributed by atoms with Crippen molar-refractivity contribution in [3.8, 4) is 0 Å². The minimum Gasteiger partial charge on any atom is -0.344 e. The summed E-state index contributed by atoms with van der Waals surface area (Å²) in [7, 11) is 0. The Kier molecular flexibility index (Phi) is 3.97. The molecule has 1 aromatic rings. The summed E-state index contributed by atoms with van der Waals surface area (Å²) in [6, 6.07) is 0.719. The van der Waals surface area contributed by atoms with Gasteiger partial charge in [-0.25, -0.2) is 4.98 Å². The average Bonchev–Trinajstić information content (AvgIpc) is 2.56. The van der Waals surface area contributed by atoms with Gasteiger partial charge >= 0.3 is 0 Å². The van der Waals surface area contributed by atoms with Crippen molar-refractivity contribution in [2.45, 2.75) is 38.6 Å². The minimum atomic E-state index is 0.719. The van der Waals surface area contributed by atoms with Gasteiger partial charge < -0.3 is 4.90 Å². The van der Waals surface area contributed by atoms with Crippen molar-refractivity contribution in [3.05, 3.63) is 5.82 Å². The van der Waals surface area contributed by atoms with E-state index in [4.69, 9.17) is 0 Å². The number of halogens is 1. The van der Waals surface area contributed by atoms with Gasteiger partial charge in [0.1, 0.15) is 5.82 Å².